The van der Waals surface area contributed by atoms with Crippen LogP contribution in [0.4, 0.5) is 5.69 Å². The molecule has 0 radical (unpaired) electrons. The van der Waals surface area contributed by atoms with Crippen LogP contribution < -0.4 is 10.5 Å². The van der Waals surface area contributed by atoms with Gasteiger partial charge in [0.05, 0.1) is 18.5 Å². The van der Waals surface area contributed by atoms with Gasteiger partial charge in [-0.1, -0.05) is 6.92 Å². The van der Waals surface area contributed by atoms with Gasteiger partial charge in [0, 0.05) is 33.2 Å². The second-order valence-electron chi connectivity index (χ2n) is 4.02. The van der Waals surface area contributed by atoms with Crippen LogP contribution in [-0.2, 0) is 16.1 Å². The van der Waals surface area contributed by atoms with Crippen molar-refractivity contribution in [2.24, 2.45) is 0 Å². The Morgan fingerprint density at radius 3 is 2.83 bits per heavy atom. The number of hydrogen-bond acceptors (Lipinski definition) is 5. The smallest absolute Gasteiger partial charge is 0.269 e. The van der Waals surface area contributed by atoms with Crippen LogP contribution >= 0.6 is 0 Å². The zero-order valence-electron chi connectivity index (χ0n) is 11.0. The molecule has 0 aliphatic rings. The molecule has 1 heterocycles. The van der Waals surface area contributed by atoms with Crippen molar-refractivity contribution < 1.29 is 9.53 Å². The Labute approximate surface area is 106 Å². The number of ether oxygens (including phenoxy) is 1. The normalized spacial score (nSPS) is 10.4. The maximum absolute atomic E-state index is 11.8. The number of aromatic nitrogens is 2. The van der Waals surface area contributed by atoms with E-state index in [1.165, 1.54) is 10.7 Å². The summed E-state index contributed by atoms with van der Waals surface area (Å²) < 4.78 is 6.15. The topological polar surface area (TPSA) is 64.4 Å². The summed E-state index contributed by atoms with van der Waals surface area (Å²) in [5.74, 6) is -0.00918. The predicted molar refractivity (Wildman–Crippen MR) is 68.9 cm³/mol. The van der Waals surface area contributed by atoms with E-state index in [0.29, 0.717) is 19.6 Å². The molecular formula is C12H19N3O3. The van der Waals surface area contributed by atoms with Gasteiger partial charge in [-0.3, -0.25) is 9.59 Å². The Kier molecular flexibility index (Phi) is 5.51. The van der Waals surface area contributed by atoms with Gasteiger partial charge in [0.25, 0.3) is 5.56 Å². The number of Topliss-reactive ketones (excluding diaryl/α,β-unsaturated/α-hetero) is 1. The quantitative estimate of drug-likeness (QED) is 0.699. The highest BCUT2D eigenvalue weighted by Gasteiger charge is 2.07. The third-order valence-electron chi connectivity index (χ3n) is 2.65. The lowest BCUT2D eigenvalue weighted by atomic mass is 10.3. The summed E-state index contributed by atoms with van der Waals surface area (Å²) in [5.41, 5.74) is 0.454. The lowest BCUT2D eigenvalue weighted by Gasteiger charge is -2.18. The number of carbonyl (C=O) groups excluding carboxylic acids is 1. The van der Waals surface area contributed by atoms with Gasteiger partial charge in [-0.15, -0.1) is 0 Å². The summed E-state index contributed by atoms with van der Waals surface area (Å²) in [7, 11) is 3.48. The first-order valence-electron chi connectivity index (χ1n) is 5.87. The van der Waals surface area contributed by atoms with Gasteiger partial charge in [-0.05, 0) is 0 Å². The lowest BCUT2D eigenvalue weighted by Crippen LogP contribution is -2.29. The van der Waals surface area contributed by atoms with Crippen molar-refractivity contribution in [2.75, 3.05) is 32.2 Å². The van der Waals surface area contributed by atoms with E-state index < -0.39 is 0 Å². The molecule has 0 fully saturated rings. The van der Waals surface area contributed by atoms with E-state index in [1.54, 1.807) is 20.2 Å². The molecule has 6 heteroatoms. The van der Waals surface area contributed by atoms with E-state index in [1.807, 2.05) is 11.9 Å². The van der Waals surface area contributed by atoms with Crippen molar-refractivity contribution in [1.29, 1.82) is 0 Å². The number of hydrogen-bond donors (Lipinski definition) is 0. The van der Waals surface area contributed by atoms with E-state index >= 15 is 0 Å². The molecule has 0 bridgehead atoms. The fraction of sp³-hybridized carbons (Fsp3) is 0.583. The Bertz CT molecular complexity index is 456. The first kappa shape index (κ1) is 14.4. The molecule has 1 rings (SSSR count). The van der Waals surface area contributed by atoms with Gasteiger partial charge in [-0.2, -0.15) is 5.10 Å². The van der Waals surface area contributed by atoms with Crippen molar-refractivity contribution in [1.82, 2.24) is 9.78 Å². The van der Waals surface area contributed by atoms with Crippen LogP contribution in [0, 0.1) is 0 Å². The third-order valence-corrected chi connectivity index (χ3v) is 2.65. The van der Waals surface area contributed by atoms with Crippen LogP contribution in [0.25, 0.3) is 0 Å². The summed E-state index contributed by atoms with van der Waals surface area (Å²) >= 11 is 0. The van der Waals surface area contributed by atoms with E-state index in [2.05, 4.69) is 5.10 Å². The highest BCUT2D eigenvalue weighted by atomic mass is 16.5. The largest absolute Gasteiger partial charge is 0.383 e. The average Bonchev–Trinajstić information content (AvgIpc) is 2.38. The first-order valence-corrected chi connectivity index (χ1v) is 5.87. The predicted octanol–water partition coefficient (Wildman–Crippen LogP) is 0.305. The SMILES string of the molecule is CCC(=O)Cn1ncc(N(C)CCOC)cc1=O. The summed E-state index contributed by atoms with van der Waals surface area (Å²) in [6.07, 6.45) is 1.99. The first-order chi connectivity index (χ1) is 8.58. The van der Waals surface area contributed by atoms with Crippen molar-refractivity contribution in [3.8, 4) is 0 Å². The highest BCUT2D eigenvalue weighted by Crippen LogP contribution is 2.06. The Hall–Kier alpha value is -1.69. The van der Waals surface area contributed by atoms with Crippen molar-refractivity contribution in [3.63, 3.8) is 0 Å². The molecule has 0 aliphatic carbocycles. The Morgan fingerprint density at radius 2 is 2.28 bits per heavy atom. The van der Waals surface area contributed by atoms with Crippen LogP contribution in [0.5, 0.6) is 0 Å². The second-order valence-corrected chi connectivity index (χ2v) is 4.02. The van der Waals surface area contributed by atoms with Crippen LogP contribution in [-0.4, -0.2) is 42.9 Å². The van der Waals surface area contributed by atoms with Gasteiger partial charge >= 0.3 is 0 Å². The maximum atomic E-state index is 11.8. The number of carbonyl (C=O) groups is 1. The fourth-order valence-electron chi connectivity index (χ4n) is 1.39. The van der Waals surface area contributed by atoms with Crippen molar-refractivity contribution in [2.45, 2.75) is 19.9 Å². The molecule has 0 saturated heterocycles. The van der Waals surface area contributed by atoms with Gasteiger partial charge in [-0.25, -0.2) is 4.68 Å². The number of anilines is 1. The number of methoxy groups -OCH3 is 1. The van der Waals surface area contributed by atoms with Crippen LogP contribution in [0.3, 0.4) is 0 Å². The summed E-state index contributed by atoms with van der Waals surface area (Å²) in [6, 6.07) is 1.48. The highest BCUT2D eigenvalue weighted by molar-refractivity contribution is 5.77. The molecular weight excluding hydrogens is 234 g/mol. The number of likely N-dealkylation sites (N-methyl/N-ethyl adjacent to an activating group) is 1. The van der Waals surface area contributed by atoms with Gasteiger partial charge < -0.3 is 9.64 Å². The Balaban J connectivity index is 2.79. The summed E-state index contributed by atoms with van der Waals surface area (Å²) in [4.78, 5) is 24.9. The molecule has 0 saturated carbocycles. The molecule has 0 aromatic carbocycles. The van der Waals surface area contributed by atoms with Gasteiger partial charge in [0.2, 0.25) is 0 Å². The van der Waals surface area contributed by atoms with Gasteiger partial charge in [0.1, 0.15) is 6.54 Å². The molecule has 1 aromatic heterocycles. The third kappa shape index (κ3) is 3.96. The van der Waals surface area contributed by atoms with Crippen molar-refractivity contribution >= 4 is 11.5 Å². The molecule has 0 atom stereocenters. The van der Waals surface area contributed by atoms with E-state index in [-0.39, 0.29) is 17.9 Å². The molecule has 18 heavy (non-hydrogen) atoms. The molecule has 6 nitrogen and oxygen atoms in total. The molecule has 100 valence electrons. The number of ketones is 1. The van der Waals surface area contributed by atoms with Crippen LogP contribution in [0.15, 0.2) is 17.1 Å². The second kappa shape index (κ2) is 6.90. The van der Waals surface area contributed by atoms with Crippen molar-refractivity contribution in [3.05, 3.63) is 22.6 Å². The fourth-order valence-corrected chi connectivity index (χ4v) is 1.39. The number of rotatable bonds is 7. The standard InChI is InChI=1S/C12H19N3O3/c1-4-11(16)9-15-12(17)7-10(8-13-15)14(2)5-6-18-3/h7-8H,4-6,9H2,1-3H3. The lowest BCUT2D eigenvalue weighted by molar-refractivity contribution is -0.119. The molecule has 0 aliphatic heterocycles. The minimum absolute atomic E-state index is 0.00918. The molecule has 0 unspecified atom stereocenters. The molecule has 0 N–H and O–H groups in total. The summed E-state index contributed by atoms with van der Waals surface area (Å²) in [6.45, 7) is 3.06. The van der Waals surface area contributed by atoms with Crippen LogP contribution in [0.2, 0.25) is 0 Å². The monoisotopic (exact) mass is 253 g/mol. The maximum Gasteiger partial charge on any atom is 0.269 e. The molecule has 0 amide bonds. The summed E-state index contributed by atoms with van der Waals surface area (Å²) in [5, 5.41) is 4.00. The average molecular weight is 253 g/mol. The minimum Gasteiger partial charge on any atom is -0.383 e. The van der Waals surface area contributed by atoms with Gasteiger partial charge in [0.15, 0.2) is 5.78 Å². The van der Waals surface area contributed by atoms with Crippen LogP contribution in [0.1, 0.15) is 13.3 Å². The van der Waals surface area contributed by atoms with E-state index in [9.17, 15) is 9.59 Å². The molecule has 0 spiro atoms. The van der Waals surface area contributed by atoms with E-state index in [0.717, 1.165) is 5.69 Å². The van der Waals surface area contributed by atoms with E-state index in [4.69, 9.17) is 4.74 Å². The minimum atomic E-state index is -0.265. The zero-order valence-corrected chi connectivity index (χ0v) is 11.0. The Morgan fingerprint density at radius 1 is 1.56 bits per heavy atom. The number of nitrogens with zero attached hydrogens (tertiary/aromatic N) is 3. The molecule has 1 aromatic rings. The zero-order chi connectivity index (χ0) is 13.5.